The maximum atomic E-state index is 12.9. The summed E-state index contributed by atoms with van der Waals surface area (Å²) < 4.78 is 11.8. The molecule has 1 aliphatic heterocycles. The van der Waals surface area contributed by atoms with Gasteiger partial charge in [-0.15, -0.1) is 0 Å². The molecule has 0 bridgehead atoms. The number of hydrogen-bond donors (Lipinski definition) is 0. The van der Waals surface area contributed by atoms with Crippen LogP contribution >= 0.6 is 35.0 Å². The molecule has 0 saturated carbocycles. The Bertz CT molecular complexity index is 1290. The number of benzene rings is 3. The summed E-state index contributed by atoms with van der Waals surface area (Å²) in [6, 6.07) is 18.5. The van der Waals surface area contributed by atoms with Gasteiger partial charge in [0, 0.05) is 5.02 Å². The number of halogens is 2. The average Bonchev–Trinajstić information content (AvgIpc) is 3.07. The summed E-state index contributed by atoms with van der Waals surface area (Å²) in [6.07, 6.45) is 1.64. The van der Waals surface area contributed by atoms with Crippen molar-refractivity contribution in [3.05, 3.63) is 97.9 Å². The molecule has 0 atom stereocenters. The van der Waals surface area contributed by atoms with Gasteiger partial charge < -0.3 is 9.47 Å². The molecule has 4 rings (SSSR count). The van der Waals surface area contributed by atoms with E-state index in [-0.39, 0.29) is 17.7 Å². The minimum absolute atomic E-state index is 0.176. The van der Waals surface area contributed by atoms with E-state index in [1.54, 1.807) is 42.5 Å². The van der Waals surface area contributed by atoms with Crippen molar-refractivity contribution >= 4 is 52.2 Å². The molecule has 0 spiro atoms. The Morgan fingerprint density at radius 1 is 0.971 bits per heavy atom. The molecule has 0 radical (unpaired) electrons. The van der Waals surface area contributed by atoms with E-state index in [0.717, 1.165) is 28.5 Å². The molecule has 0 aliphatic carbocycles. The molecule has 3 aromatic rings. The van der Waals surface area contributed by atoms with E-state index < -0.39 is 0 Å². The molecule has 3 aromatic carbocycles. The summed E-state index contributed by atoms with van der Waals surface area (Å²) in [5, 5.41) is 0.622. The van der Waals surface area contributed by atoms with Crippen LogP contribution < -0.4 is 9.47 Å². The topological polar surface area (TPSA) is 55.8 Å². The smallest absolute Gasteiger partial charge is 0.293 e. The number of thioether (sulfide) groups is 1. The molecule has 0 aromatic heterocycles. The number of ether oxygens (including phenoxy) is 2. The third-order valence-corrected chi connectivity index (χ3v) is 6.66. The first-order valence-corrected chi connectivity index (χ1v) is 12.6. The quantitative estimate of drug-likeness (QED) is 0.283. The molecule has 1 aliphatic rings. The zero-order valence-electron chi connectivity index (χ0n) is 19.2. The van der Waals surface area contributed by atoms with E-state index in [1.807, 2.05) is 38.1 Å². The number of imide groups is 1. The van der Waals surface area contributed by atoms with Crippen molar-refractivity contribution in [3.63, 3.8) is 0 Å². The Morgan fingerprint density at radius 3 is 2.46 bits per heavy atom. The van der Waals surface area contributed by atoms with Gasteiger partial charge >= 0.3 is 0 Å². The maximum Gasteiger partial charge on any atom is 0.293 e. The van der Waals surface area contributed by atoms with Crippen LogP contribution in [0.3, 0.4) is 0 Å². The lowest BCUT2D eigenvalue weighted by atomic mass is 10.1. The van der Waals surface area contributed by atoms with Gasteiger partial charge in [-0.2, -0.15) is 0 Å². The van der Waals surface area contributed by atoms with Gasteiger partial charge in [-0.25, -0.2) is 0 Å². The van der Waals surface area contributed by atoms with Crippen molar-refractivity contribution in [3.8, 4) is 11.5 Å². The summed E-state index contributed by atoms with van der Waals surface area (Å²) in [5.41, 5.74) is 3.61. The van der Waals surface area contributed by atoms with Crippen LogP contribution in [0.5, 0.6) is 11.5 Å². The molecule has 5 nitrogen and oxygen atoms in total. The monoisotopic (exact) mass is 527 g/mol. The lowest BCUT2D eigenvalue weighted by Crippen LogP contribution is -2.27. The fourth-order valence-electron chi connectivity index (χ4n) is 3.59. The first-order chi connectivity index (χ1) is 16.8. The van der Waals surface area contributed by atoms with Gasteiger partial charge in [0.25, 0.3) is 11.1 Å². The van der Waals surface area contributed by atoms with Crippen LogP contribution in [0.2, 0.25) is 10.0 Å². The molecule has 180 valence electrons. The molecule has 0 N–H and O–H groups in total. The normalized spacial score (nSPS) is 14.6. The molecule has 0 unspecified atom stereocenters. The Labute approximate surface area is 218 Å². The lowest BCUT2D eigenvalue weighted by Gasteiger charge is -2.15. The first-order valence-electron chi connectivity index (χ1n) is 11.0. The van der Waals surface area contributed by atoms with Gasteiger partial charge in [-0.3, -0.25) is 14.5 Å². The highest BCUT2D eigenvalue weighted by atomic mass is 35.5. The van der Waals surface area contributed by atoms with Gasteiger partial charge in [0.1, 0.15) is 6.61 Å². The number of hydrogen-bond acceptors (Lipinski definition) is 5. The molecule has 1 heterocycles. The van der Waals surface area contributed by atoms with Crippen LogP contribution in [0.15, 0.2) is 65.6 Å². The van der Waals surface area contributed by atoms with Crippen molar-refractivity contribution < 1.29 is 19.1 Å². The molecule has 8 heteroatoms. The number of rotatable bonds is 8. The van der Waals surface area contributed by atoms with Crippen LogP contribution in [0.4, 0.5) is 4.79 Å². The van der Waals surface area contributed by atoms with Crippen LogP contribution in [0.1, 0.15) is 29.2 Å². The van der Waals surface area contributed by atoms with Gasteiger partial charge in [-0.05, 0) is 72.6 Å². The minimum Gasteiger partial charge on any atom is -0.490 e. The third-order valence-electron chi connectivity index (χ3n) is 5.22. The van der Waals surface area contributed by atoms with Crippen molar-refractivity contribution in [1.29, 1.82) is 0 Å². The van der Waals surface area contributed by atoms with Crippen molar-refractivity contribution in [2.45, 2.75) is 27.0 Å². The van der Waals surface area contributed by atoms with Crippen molar-refractivity contribution in [2.75, 3.05) is 6.61 Å². The Kier molecular flexibility index (Phi) is 8.06. The number of nitrogens with zero attached hydrogens (tertiary/aromatic N) is 1. The van der Waals surface area contributed by atoms with Gasteiger partial charge in [0.05, 0.1) is 23.1 Å². The summed E-state index contributed by atoms with van der Waals surface area (Å²) >= 11 is 13.4. The number of aryl methyl sites for hydroxylation is 1. The van der Waals surface area contributed by atoms with E-state index in [4.69, 9.17) is 32.7 Å². The highest BCUT2D eigenvalue weighted by Crippen LogP contribution is 2.40. The Hall–Kier alpha value is -2.93. The predicted molar refractivity (Wildman–Crippen MR) is 141 cm³/mol. The van der Waals surface area contributed by atoms with Crippen LogP contribution in [0.25, 0.3) is 6.08 Å². The van der Waals surface area contributed by atoms with Crippen LogP contribution in [-0.2, 0) is 17.9 Å². The number of amides is 2. The second-order valence-electron chi connectivity index (χ2n) is 7.94. The summed E-state index contributed by atoms with van der Waals surface area (Å²) in [5.74, 6) is 0.547. The standard InChI is InChI=1S/C27H23Cl2NO4S/c1-3-33-23-13-20(12-22(29)25(23)34-16-19-6-4-5-17(2)11-19)14-24-26(31)30(27(32)35-24)15-18-7-9-21(28)10-8-18/h4-14H,3,15-16H2,1-2H3/b24-14+. The zero-order chi connectivity index (χ0) is 24.9. The average molecular weight is 528 g/mol. The lowest BCUT2D eigenvalue weighted by molar-refractivity contribution is -0.123. The summed E-state index contributed by atoms with van der Waals surface area (Å²) in [6.45, 7) is 4.82. The highest BCUT2D eigenvalue weighted by molar-refractivity contribution is 8.18. The Morgan fingerprint density at radius 2 is 1.74 bits per heavy atom. The highest BCUT2D eigenvalue weighted by Gasteiger charge is 2.35. The third kappa shape index (κ3) is 6.20. The van der Waals surface area contributed by atoms with E-state index in [0.29, 0.717) is 45.2 Å². The number of carbonyl (C=O) groups is 2. The van der Waals surface area contributed by atoms with Gasteiger partial charge in [-0.1, -0.05) is 65.2 Å². The molecule has 1 fully saturated rings. The Balaban J connectivity index is 1.55. The largest absolute Gasteiger partial charge is 0.490 e. The van der Waals surface area contributed by atoms with Crippen LogP contribution in [0, 0.1) is 6.92 Å². The fraction of sp³-hybridized carbons (Fsp3) is 0.185. The first kappa shape index (κ1) is 25.2. The second-order valence-corrected chi connectivity index (χ2v) is 9.77. The SMILES string of the molecule is CCOc1cc(/C=C2/SC(=O)N(Cc3ccc(Cl)cc3)C2=O)cc(Cl)c1OCc1cccc(C)c1. The van der Waals surface area contributed by atoms with Gasteiger partial charge in [0.15, 0.2) is 11.5 Å². The molecule has 35 heavy (non-hydrogen) atoms. The zero-order valence-corrected chi connectivity index (χ0v) is 21.5. The van der Waals surface area contributed by atoms with E-state index >= 15 is 0 Å². The van der Waals surface area contributed by atoms with Gasteiger partial charge in [0.2, 0.25) is 0 Å². The molecular formula is C27H23Cl2NO4S. The molecule has 2 amide bonds. The molecular weight excluding hydrogens is 505 g/mol. The van der Waals surface area contributed by atoms with Crippen molar-refractivity contribution in [1.82, 2.24) is 4.90 Å². The van der Waals surface area contributed by atoms with E-state index in [2.05, 4.69) is 0 Å². The number of carbonyl (C=O) groups excluding carboxylic acids is 2. The minimum atomic E-state index is -0.358. The van der Waals surface area contributed by atoms with E-state index in [1.165, 1.54) is 4.90 Å². The predicted octanol–water partition coefficient (Wildman–Crippen LogP) is 7.52. The maximum absolute atomic E-state index is 12.9. The fourth-order valence-corrected chi connectivity index (χ4v) is 4.83. The second kappa shape index (κ2) is 11.2. The summed E-state index contributed by atoms with van der Waals surface area (Å²) in [4.78, 5) is 27.0. The van der Waals surface area contributed by atoms with Crippen LogP contribution in [-0.4, -0.2) is 22.7 Å². The van der Waals surface area contributed by atoms with E-state index in [9.17, 15) is 9.59 Å². The summed E-state index contributed by atoms with van der Waals surface area (Å²) in [7, 11) is 0. The van der Waals surface area contributed by atoms with Crippen molar-refractivity contribution in [2.24, 2.45) is 0 Å². The molecule has 1 saturated heterocycles.